The molecule has 0 radical (unpaired) electrons. The Morgan fingerprint density at radius 3 is 2.50 bits per heavy atom. The summed E-state index contributed by atoms with van der Waals surface area (Å²) in [5.41, 5.74) is -0.605. The molecule has 0 aromatic carbocycles. The van der Waals surface area contributed by atoms with E-state index in [1.54, 1.807) is 4.90 Å². The minimum Gasteiger partial charge on any atom is -0.343 e. The molecule has 2 aliphatic rings. The van der Waals surface area contributed by atoms with Crippen molar-refractivity contribution in [3.8, 4) is 0 Å². The van der Waals surface area contributed by atoms with Gasteiger partial charge in [-0.1, -0.05) is 12.8 Å². The molecule has 5 heteroatoms. The van der Waals surface area contributed by atoms with Crippen LogP contribution in [0.5, 0.6) is 0 Å². The van der Waals surface area contributed by atoms with Gasteiger partial charge in [-0.3, -0.25) is 9.59 Å². The van der Waals surface area contributed by atoms with Crippen LogP contribution >= 0.6 is 0 Å². The smallest absolute Gasteiger partial charge is 0.247 e. The Morgan fingerprint density at radius 2 is 1.88 bits per heavy atom. The zero-order valence-electron chi connectivity index (χ0n) is 15.1. The van der Waals surface area contributed by atoms with Gasteiger partial charge < -0.3 is 14.4 Å². The predicted octanol–water partition coefficient (Wildman–Crippen LogP) is 2.47. The highest BCUT2D eigenvalue weighted by atomic mass is 16.2. The van der Waals surface area contributed by atoms with Gasteiger partial charge in [0.15, 0.2) is 0 Å². The number of hydrogen-bond donors (Lipinski definition) is 0. The Balaban J connectivity index is 1.59. The Bertz CT molecular complexity index is 588. The molecule has 1 aliphatic carbocycles. The van der Waals surface area contributed by atoms with Gasteiger partial charge in [-0.05, 0) is 38.8 Å². The molecule has 5 nitrogen and oxygen atoms in total. The third-order valence-corrected chi connectivity index (χ3v) is 5.66. The maximum absolute atomic E-state index is 12.9. The number of carbonyl (C=O) groups is 2. The number of carbonyl (C=O) groups excluding carboxylic acids is 2. The van der Waals surface area contributed by atoms with Gasteiger partial charge in [0, 0.05) is 50.9 Å². The zero-order valence-corrected chi connectivity index (χ0v) is 15.1. The average molecular weight is 331 g/mol. The van der Waals surface area contributed by atoms with Crippen molar-refractivity contribution in [3.63, 3.8) is 0 Å². The summed E-state index contributed by atoms with van der Waals surface area (Å²) in [6.45, 7) is 5.34. The van der Waals surface area contributed by atoms with Crippen LogP contribution in [0.25, 0.3) is 0 Å². The predicted molar refractivity (Wildman–Crippen MR) is 93.5 cm³/mol. The zero-order chi connectivity index (χ0) is 17.3. The van der Waals surface area contributed by atoms with Crippen molar-refractivity contribution in [3.05, 3.63) is 24.5 Å². The third kappa shape index (κ3) is 3.21. The lowest BCUT2D eigenvalue weighted by Gasteiger charge is -2.32. The normalized spacial score (nSPS) is 22.4. The first kappa shape index (κ1) is 17.1. The maximum Gasteiger partial charge on any atom is 0.247 e. The van der Waals surface area contributed by atoms with Crippen molar-refractivity contribution in [2.24, 2.45) is 5.92 Å². The molecule has 0 bridgehead atoms. The topological polar surface area (TPSA) is 45.6 Å². The molecule has 1 aromatic rings. The standard InChI is InChI=1S/C19H29N3O2/c1-19(2,21-10-6-7-11-21)18(24)20(3)13-15-12-17(23)22(14-15)16-8-4-5-9-16/h6-7,10-11,15-16H,4-5,8-9,12-14H2,1-3H3/t15-/m1/s1. The largest absolute Gasteiger partial charge is 0.343 e. The van der Waals surface area contributed by atoms with Gasteiger partial charge in [-0.2, -0.15) is 0 Å². The Kier molecular flexibility index (Phi) is 4.70. The second kappa shape index (κ2) is 6.61. The van der Waals surface area contributed by atoms with E-state index in [1.165, 1.54) is 12.8 Å². The molecule has 3 rings (SSSR count). The van der Waals surface area contributed by atoms with Crippen LogP contribution in [0.15, 0.2) is 24.5 Å². The number of rotatable bonds is 5. The Morgan fingerprint density at radius 1 is 1.25 bits per heavy atom. The van der Waals surface area contributed by atoms with Crippen molar-refractivity contribution in [1.29, 1.82) is 0 Å². The lowest BCUT2D eigenvalue weighted by Crippen LogP contribution is -2.46. The van der Waals surface area contributed by atoms with Crippen LogP contribution in [0.3, 0.4) is 0 Å². The molecule has 1 aliphatic heterocycles. The van der Waals surface area contributed by atoms with Gasteiger partial charge in [0.05, 0.1) is 0 Å². The van der Waals surface area contributed by atoms with Crippen molar-refractivity contribution in [2.75, 3.05) is 20.1 Å². The third-order valence-electron chi connectivity index (χ3n) is 5.66. The summed E-state index contributed by atoms with van der Waals surface area (Å²) >= 11 is 0. The van der Waals surface area contributed by atoms with Crippen LogP contribution in [0.1, 0.15) is 46.0 Å². The second-order valence-electron chi connectivity index (χ2n) is 7.89. The molecule has 1 aromatic heterocycles. The fourth-order valence-electron chi connectivity index (χ4n) is 4.25. The molecule has 0 N–H and O–H groups in total. The summed E-state index contributed by atoms with van der Waals surface area (Å²) in [6, 6.07) is 4.31. The van der Waals surface area contributed by atoms with E-state index in [0.717, 1.165) is 19.4 Å². The Hall–Kier alpha value is -1.78. The monoisotopic (exact) mass is 331 g/mol. The van der Waals surface area contributed by atoms with E-state index in [1.807, 2.05) is 50.0 Å². The lowest BCUT2D eigenvalue weighted by molar-refractivity contribution is -0.138. The van der Waals surface area contributed by atoms with Crippen molar-refractivity contribution < 1.29 is 9.59 Å². The molecule has 2 amide bonds. The van der Waals surface area contributed by atoms with Crippen molar-refractivity contribution in [1.82, 2.24) is 14.4 Å². The van der Waals surface area contributed by atoms with E-state index in [0.29, 0.717) is 19.0 Å². The van der Waals surface area contributed by atoms with Crippen LogP contribution in [0.2, 0.25) is 0 Å². The summed E-state index contributed by atoms with van der Waals surface area (Å²) in [5, 5.41) is 0. The highest BCUT2D eigenvalue weighted by molar-refractivity contribution is 5.84. The summed E-state index contributed by atoms with van der Waals surface area (Å²) in [5.74, 6) is 0.621. The van der Waals surface area contributed by atoms with Gasteiger partial charge in [0.25, 0.3) is 0 Å². The SMILES string of the molecule is CN(C[C@H]1CC(=O)N(C2CCCC2)C1)C(=O)C(C)(C)n1cccc1. The highest BCUT2D eigenvalue weighted by Gasteiger charge is 2.38. The number of amides is 2. The van der Waals surface area contributed by atoms with Crippen LogP contribution in [-0.4, -0.2) is 52.4 Å². The summed E-state index contributed by atoms with van der Waals surface area (Å²) in [6.07, 6.45) is 9.20. The molecule has 0 unspecified atom stereocenters. The summed E-state index contributed by atoms with van der Waals surface area (Å²) in [4.78, 5) is 29.1. The number of aromatic nitrogens is 1. The summed E-state index contributed by atoms with van der Waals surface area (Å²) in [7, 11) is 1.86. The molecule has 0 spiro atoms. The van der Waals surface area contributed by atoms with E-state index in [2.05, 4.69) is 4.90 Å². The van der Waals surface area contributed by atoms with E-state index in [-0.39, 0.29) is 17.7 Å². The minimum atomic E-state index is -0.605. The number of likely N-dealkylation sites (tertiary alicyclic amines) is 1. The van der Waals surface area contributed by atoms with E-state index >= 15 is 0 Å². The molecular weight excluding hydrogens is 302 g/mol. The van der Waals surface area contributed by atoms with Gasteiger partial charge in [0.1, 0.15) is 5.54 Å². The summed E-state index contributed by atoms with van der Waals surface area (Å²) < 4.78 is 1.94. The minimum absolute atomic E-state index is 0.0884. The van der Waals surface area contributed by atoms with Crippen LogP contribution < -0.4 is 0 Å². The maximum atomic E-state index is 12.9. The first-order valence-electron chi connectivity index (χ1n) is 9.08. The molecule has 132 valence electrons. The molecule has 1 atom stereocenters. The van der Waals surface area contributed by atoms with E-state index in [9.17, 15) is 9.59 Å². The average Bonchev–Trinajstić information content (AvgIpc) is 3.27. The quantitative estimate of drug-likeness (QED) is 0.832. The van der Waals surface area contributed by atoms with Crippen molar-refractivity contribution >= 4 is 11.8 Å². The van der Waals surface area contributed by atoms with Crippen LogP contribution in [0, 0.1) is 5.92 Å². The molecule has 2 fully saturated rings. The molecule has 2 heterocycles. The van der Waals surface area contributed by atoms with Gasteiger partial charge in [0.2, 0.25) is 11.8 Å². The fourth-order valence-corrected chi connectivity index (χ4v) is 4.25. The Labute approximate surface area is 144 Å². The van der Waals surface area contributed by atoms with Gasteiger partial charge >= 0.3 is 0 Å². The number of nitrogens with zero attached hydrogens (tertiary/aromatic N) is 3. The van der Waals surface area contributed by atoms with E-state index < -0.39 is 5.54 Å². The second-order valence-corrected chi connectivity index (χ2v) is 7.89. The fraction of sp³-hybridized carbons (Fsp3) is 0.684. The van der Waals surface area contributed by atoms with Crippen LogP contribution in [0.4, 0.5) is 0 Å². The number of likely N-dealkylation sites (N-methyl/N-ethyl adjacent to an activating group) is 1. The first-order chi connectivity index (χ1) is 11.4. The molecule has 1 saturated carbocycles. The first-order valence-corrected chi connectivity index (χ1v) is 9.08. The van der Waals surface area contributed by atoms with Gasteiger partial charge in [-0.15, -0.1) is 0 Å². The van der Waals surface area contributed by atoms with E-state index in [4.69, 9.17) is 0 Å². The number of hydrogen-bond acceptors (Lipinski definition) is 2. The van der Waals surface area contributed by atoms with Crippen LogP contribution in [-0.2, 0) is 15.1 Å². The van der Waals surface area contributed by atoms with Crippen molar-refractivity contribution in [2.45, 2.75) is 57.5 Å². The molecule has 24 heavy (non-hydrogen) atoms. The van der Waals surface area contributed by atoms with Gasteiger partial charge in [-0.25, -0.2) is 0 Å². The molecular formula is C19H29N3O2. The highest BCUT2D eigenvalue weighted by Crippen LogP contribution is 2.30. The lowest BCUT2D eigenvalue weighted by atomic mass is 10.0. The molecule has 1 saturated heterocycles.